The van der Waals surface area contributed by atoms with Gasteiger partial charge in [-0.1, -0.05) is 6.92 Å². The monoisotopic (exact) mass is 427 g/mol. The van der Waals surface area contributed by atoms with Gasteiger partial charge in [0.2, 0.25) is 0 Å². The van der Waals surface area contributed by atoms with Crippen molar-refractivity contribution < 1.29 is 35.9 Å². The molecule has 0 spiro atoms. The Morgan fingerprint density at radius 2 is 1.69 bits per heavy atom. The third kappa shape index (κ3) is 3.96. The van der Waals surface area contributed by atoms with Gasteiger partial charge < -0.3 is 4.74 Å². The van der Waals surface area contributed by atoms with Gasteiger partial charge in [0.15, 0.2) is 5.41 Å². The van der Waals surface area contributed by atoms with E-state index >= 15 is 0 Å². The van der Waals surface area contributed by atoms with Crippen molar-refractivity contribution in [1.82, 2.24) is 0 Å². The van der Waals surface area contributed by atoms with Gasteiger partial charge in [-0.2, -0.15) is 31.6 Å². The summed E-state index contributed by atoms with van der Waals surface area (Å²) in [7, 11) is 0. The number of ether oxygens (including phenoxy) is 1. The molecule has 6 unspecified atom stereocenters. The molecule has 0 aromatic carbocycles. The number of nitriles is 1. The zero-order valence-electron chi connectivity index (χ0n) is 17.2. The number of nitrogens with zero attached hydrogens (tertiary/aromatic N) is 1. The van der Waals surface area contributed by atoms with E-state index in [-0.39, 0.29) is 18.8 Å². The predicted molar refractivity (Wildman–Crippen MR) is 92.2 cm³/mol. The van der Waals surface area contributed by atoms with E-state index in [9.17, 15) is 31.1 Å². The van der Waals surface area contributed by atoms with Crippen LogP contribution in [-0.4, -0.2) is 23.9 Å². The van der Waals surface area contributed by atoms with E-state index in [1.54, 1.807) is 6.92 Å². The van der Waals surface area contributed by atoms with Crippen molar-refractivity contribution in [2.45, 2.75) is 78.3 Å². The molecule has 2 bridgehead atoms. The van der Waals surface area contributed by atoms with Gasteiger partial charge >= 0.3 is 18.3 Å². The Labute approximate surface area is 166 Å². The maximum atomic E-state index is 14.2. The van der Waals surface area contributed by atoms with E-state index < -0.39 is 65.3 Å². The summed E-state index contributed by atoms with van der Waals surface area (Å²) < 4.78 is 87.4. The summed E-state index contributed by atoms with van der Waals surface area (Å²) in [5.41, 5.74) is -6.46. The summed E-state index contributed by atoms with van der Waals surface area (Å²) in [5.74, 6) is -3.90. The zero-order chi connectivity index (χ0) is 22.6. The molecule has 0 saturated heterocycles. The van der Waals surface area contributed by atoms with Crippen molar-refractivity contribution in [3.8, 4) is 6.07 Å². The third-order valence-electron chi connectivity index (χ3n) is 6.83. The average molecular weight is 427 g/mol. The Hall–Kier alpha value is -1.46. The minimum absolute atomic E-state index is 0.125. The van der Waals surface area contributed by atoms with Gasteiger partial charge in [0, 0.05) is 0 Å². The SMILES string of the molecule is CC1C2CC(C1CCC(C)(C#N)C(F)(F)F)C(C(=O)OC(C)(C)C)(C(F)(F)F)C2. The molecule has 2 aliphatic carbocycles. The van der Waals surface area contributed by atoms with Crippen LogP contribution in [0.1, 0.15) is 60.3 Å². The average Bonchev–Trinajstić information content (AvgIpc) is 3.05. The van der Waals surface area contributed by atoms with Gasteiger partial charge in [0.25, 0.3) is 0 Å². The third-order valence-corrected chi connectivity index (χ3v) is 6.83. The van der Waals surface area contributed by atoms with Crippen LogP contribution < -0.4 is 0 Å². The Balaban J connectivity index is 2.36. The zero-order valence-corrected chi connectivity index (χ0v) is 17.2. The summed E-state index contributed by atoms with van der Waals surface area (Å²) in [6, 6.07) is 1.27. The first-order valence-corrected chi connectivity index (χ1v) is 9.68. The van der Waals surface area contributed by atoms with Crippen molar-refractivity contribution in [2.75, 3.05) is 0 Å². The molecular formula is C20H27F6NO2. The first-order valence-electron chi connectivity index (χ1n) is 9.68. The van der Waals surface area contributed by atoms with E-state index in [0.29, 0.717) is 0 Å². The molecule has 2 fully saturated rings. The normalized spacial score (nSPS) is 34.6. The highest BCUT2D eigenvalue weighted by Crippen LogP contribution is 2.68. The number of hydrogen-bond donors (Lipinski definition) is 0. The molecule has 2 aliphatic rings. The summed E-state index contributed by atoms with van der Waals surface area (Å²) in [4.78, 5) is 12.7. The second kappa shape index (κ2) is 7.05. The molecule has 3 nitrogen and oxygen atoms in total. The number of carbonyl (C=O) groups excluding carboxylic acids is 1. The van der Waals surface area contributed by atoms with Crippen LogP contribution in [0.4, 0.5) is 26.3 Å². The second-order valence-electron chi connectivity index (χ2n) is 9.78. The Morgan fingerprint density at radius 3 is 2.07 bits per heavy atom. The molecule has 0 amide bonds. The van der Waals surface area contributed by atoms with Crippen molar-refractivity contribution in [2.24, 2.45) is 34.5 Å². The molecule has 9 heteroatoms. The van der Waals surface area contributed by atoms with Crippen molar-refractivity contribution in [3.05, 3.63) is 0 Å². The number of halogens is 6. The van der Waals surface area contributed by atoms with Crippen LogP contribution in [0.3, 0.4) is 0 Å². The highest BCUT2D eigenvalue weighted by molar-refractivity contribution is 5.79. The molecule has 0 aromatic rings. The number of carbonyl (C=O) groups is 1. The number of hydrogen-bond acceptors (Lipinski definition) is 3. The lowest BCUT2D eigenvalue weighted by Gasteiger charge is -2.44. The number of alkyl halides is 6. The summed E-state index contributed by atoms with van der Waals surface area (Å²) in [6.45, 7) is 6.91. The van der Waals surface area contributed by atoms with Crippen LogP contribution in [0.25, 0.3) is 0 Å². The van der Waals surface area contributed by atoms with E-state index in [2.05, 4.69) is 0 Å². The summed E-state index contributed by atoms with van der Waals surface area (Å²) in [5, 5.41) is 9.02. The highest BCUT2D eigenvalue weighted by atomic mass is 19.4. The molecular weight excluding hydrogens is 400 g/mol. The lowest BCUT2D eigenvalue weighted by Crippen LogP contribution is -2.54. The van der Waals surface area contributed by atoms with Gasteiger partial charge in [-0.25, -0.2) is 0 Å². The smallest absolute Gasteiger partial charge is 0.406 e. The van der Waals surface area contributed by atoms with E-state index in [4.69, 9.17) is 10.00 Å². The first-order chi connectivity index (χ1) is 12.9. The van der Waals surface area contributed by atoms with Crippen LogP contribution in [0.2, 0.25) is 0 Å². The van der Waals surface area contributed by atoms with Crippen molar-refractivity contribution in [3.63, 3.8) is 0 Å². The maximum Gasteiger partial charge on any atom is 0.406 e. The van der Waals surface area contributed by atoms with Gasteiger partial charge in [-0.05, 0) is 77.0 Å². The Morgan fingerprint density at radius 1 is 1.14 bits per heavy atom. The largest absolute Gasteiger partial charge is 0.459 e. The number of rotatable bonds is 4. The molecule has 29 heavy (non-hydrogen) atoms. The molecule has 0 N–H and O–H groups in total. The van der Waals surface area contributed by atoms with Gasteiger partial charge in [-0.3, -0.25) is 4.79 Å². The molecule has 0 radical (unpaired) electrons. The molecule has 2 rings (SSSR count). The van der Waals surface area contributed by atoms with E-state index in [1.165, 1.54) is 26.8 Å². The summed E-state index contributed by atoms with van der Waals surface area (Å²) in [6.07, 6.45) is -10.7. The topological polar surface area (TPSA) is 50.1 Å². The Bertz CT molecular complexity index is 689. The number of esters is 1. The molecule has 166 valence electrons. The van der Waals surface area contributed by atoms with Gasteiger partial charge in [0.1, 0.15) is 11.0 Å². The predicted octanol–water partition coefficient (Wildman–Crippen LogP) is 6.04. The van der Waals surface area contributed by atoms with Gasteiger partial charge in [0.05, 0.1) is 6.07 Å². The van der Waals surface area contributed by atoms with Crippen molar-refractivity contribution >= 4 is 5.97 Å². The Kier molecular flexibility index (Phi) is 5.79. The van der Waals surface area contributed by atoms with E-state index in [1.807, 2.05) is 0 Å². The fourth-order valence-corrected chi connectivity index (χ4v) is 5.06. The summed E-state index contributed by atoms with van der Waals surface area (Å²) >= 11 is 0. The van der Waals surface area contributed by atoms with Crippen LogP contribution in [-0.2, 0) is 9.53 Å². The lowest BCUT2D eigenvalue weighted by molar-refractivity contribution is -0.260. The maximum absolute atomic E-state index is 14.2. The number of fused-ring (bicyclic) bond motifs is 2. The fourth-order valence-electron chi connectivity index (χ4n) is 5.06. The minimum Gasteiger partial charge on any atom is -0.459 e. The molecule has 0 heterocycles. The molecule has 2 saturated carbocycles. The molecule has 6 atom stereocenters. The molecule has 0 aromatic heterocycles. The first kappa shape index (κ1) is 23.8. The standard InChI is InChI=1S/C20H27F6NO2/c1-11-12-8-14(13(11)6-7-17(5,10-27)19(21,22)23)18(9-12,20(24,25)26)15(28)29-16(2,3)4/h11-14H,6-9H2,1-5H3. The van der Waals surface area contributed by atoms with Gasteiger partial charge in [-0.15, -0.1) is 0 Å². The fraction of sp³-hybridized carbons (Fsp3) is 0.900. The second-order valence-corrected chi connectivity index (χ2v) is 9.78. The van der Waals surface area contributed by atoms with Crippen LogP contribution in [0.15, 0.2) is 0 Å². The lowest BCUT2D eigenvalue weighted by atomic mass is 9.62. The van der Waals surface area contributed by atoms with E-state index in [0.717, 1.165) is 6.92 Å². The van der Waals surface area contributed by atoms with Crippen molar-refractivity contribution in [1.29, 1.82) is 5.26 Å². The quantitative estimate of drug-likeness (QED) is 0.406. The highest BCUT2D eigenvalue weighted by Gasteiger charge is 2.74. The van der Waals surface area contributed by atoms with Crippen LogP contribution in [0.5, 0.6) is 0 Å². The minimum atomic E-state index is -4.87. The molecule has 0 aliphatic heterocycles. The van der Waals surface area contributed by atoms with Crippen LogP contribution >= 0.6 is 0 Å². The van der Waals surface area contributed by atoms with Crippen LogP contribution in [0, 0.1) is 45.8 Å².